The minimum atomic E-state index is -2.46. The van der Waals surface area contributed by atoms with Gasteiger partial charge in [0, 0.05) is 56.8 Å². The third kappa shape index (κ3) is 13.7. The van der Waals surface area contributed by atoms with Crippen LogP contribution in [-0.2, 0) is 24.9 Å². The van der Waals surface area contributed by atoms with Crippen molar-refractivity contribution in [2.75, 3.05) is 0 Å². The number of rotatable bonds is 12. The summed E-state index contributed by atoms with van der Waals surface area (Å²) < 4.78 is 40.7. The number of allylic oxidation sites excluding steroid dienone is 2. The number of carbonyl (C=O) groups excluding carboxylic acids is 1. The van der Waals surface area contributed by atoms with Gasteiger partial charge in [-0.1, -0.05) is 113 Å². The zero-order valence-corrected chi connectivity index (χ0v) is 39.5. The van der Waals surface area contributed by atoms with Crippen molar-refractivity contribution in [3.8, 4) is 22.5 Å². The molecule has 0 aliphatic rings. The van der Waals surface area contributed by atoms with Gasteiger partial charge in [-0.25, -0.2) is 8.78 Å². The van der Waals surface area contributed by atoms with E-state index in [2.05, 4.69) is 112 Å². The molecule has 0 amide bonds. The molecule has 0 aliphatic carbocycles. The Balaban J connectivity index is 0.000000249. The largest absolute Gasteiger partial charge is 0.512 e. The molecule has 1 atom stereocenters. The molecule has 4 aromatic carbocycles. The first-order chi connectivity index (χ1) is 28.9. The number of halogens is 2. The molecule has 7 heteroatoms. The summed E-state index contributed by atoms with van der Waals surface area (Å²) >= 11 is 0. The zero-order chi connectivity index (χ0) is 45.1. The van der Waals surface area contributed by atoms with Gasteiger partial charge in [0.1, 0.15) is 0 Å². The second kappa shape index (κ2) is 23.4. The van der Waals surface area contributed by atoms with Crippen LogP contribution in [0.1, 0.15) is 122 Å². The third-order valence-electron chi connectivity index (χ3n) is 10.6. The summed E-state index contributed by atoms with van der Waals surface area (Å²) in [6.45, 7) is 22.5. The smallest absolute Gasteiger partial charge is 0.239 e. The van der Waals surface area contributed by atoms with Crippen LogP contribution in [0.3, 0.4) is 0 Å². The van der Waals surface area contributed by atoms with Gasteiger partial charge in [-0.3, -0.25) is 4.79 Å². The average Bonchev–Trinajstić information content (AvgIpc) is 3.20. The number of carbonyl (C=O) groups is 1. The minimum absolute atomic E-state index is 0. The van der Waals surface area contributed by atoms with Crippen molar-refractivity contribution < 1.29 is 41.5 Å². The van der Waals surface area contributed by atoms with Gasteiger partial charge in [-0.05, 0) is 87.3 Å². The van der Waals surface area contributed by atoms with Crippen LogP contribution >= 0.6 is 0 Å². The number of ketones is 1. The van der Waals surface area contributed by atoms with Crippen LogP contribution in [0, 0.1) is 51.7 Å². The van der Waals surface area contributed by atoms with Gasteiger partial charge in [0.15, 0.2) is 5.78 Å². The SMILES string of the molecule is CCC(CC)C(=O)/C=C(\O)C(CC)CC(F)F.Cc1[c-]c(-c2nccc3cc(C(C)C)ccc23)cc(C)c1.[2H]c1nc(-c2[c-]c(C)cc(C)c2)c2ccc(C(C)C)cc2c1[2H].[Ir]. The van der Waals surface area contributed by atoms with Crippen molar-refractivity contribution in [2.24, 2.45) is 11.8 Å². The summed E-state index contributed by atoms with van der Waals surface area (Å²) in [5.41, 5.74) is 10.9. The predicted octanol–water partition coefficient (Wildman–Crippen LogP) is 15.0. The molecule has 0 saturated carbocycles. The number of benzene rings is 4. The Kier molecular flexibility index (Phi) is 18.1. The molecule has 2 aromatic heterocycles. The third-order valence-corrected chi connectivity index (χ3v) is 10.6. The van der Waals surface area contributed by atoms with E-state index in [1.165, 1.54) is 27.5 Å². The second-order valence-electron chi connectivity index (χ2n) is 16.2. The molecule has 0 saturated heterocycles. The number of hydrogen-bond donors (Lipinski definition) is 1. The standard InChI is InChI=1S/2C20H20N.C13H22F2O2.Ir/c2*1-13(2)16-5-6-19-17(12-16)7-8-21-20(19)18-10-14(3)9-15(4)11-18;1-4-9(5-2)11(16)8-12(17)10(6-3)7-13(14)15;/h2*5-10,12-13H,1-4H3;8-10,13,17H,4-7H2,1-3H3;/q2*-1;;/b;;12-8-;/i7D,8D;;;. The van der Waals surface area contributed by atoms with Crippen LogP contribution in [0.4, 0.5) is 8.78 Å². The molecule has 2 heterocycles. The van der Waals surface area contributed by atoms with Crippen LogP contribution < -0.4 is 0 Å². The molecular weight excluding hydrogens is 927 g/mol. The van der Waals surface area contributed by atoms with E-state index in [1.807, 2.05) is 52.1 Å². The molecule has 0 spiro atoms. The summed E-state index contributed by atoms with van der Waals surface area (Å²) in [4.78, 5) is 20.7. The summed E-state index contributed by atoms with van der Waals surface area (Å²) in [6.07, 6.45) is 1.99. The number of aliphatic hydroxyl groups excluding tert-OH is 1. The molecular formula is C53H62F2IrN2O2-2. The number of fused-ring (bicyclic) bond motifs is 2. The van der Waals surface area contributed by atoms with E-state index in [9.17, 15) is 18.7 Å². The molecule has 1 unspecified atom stereocenters. The van der Waals surface area contributed by atoms with E-state index in [0.29, 0.717) is 31.1 Å². The maximum Gasteiger partial charge on any atom is 0.239 e. The fraction of sp³-hybridized carbons (Fsp3) is 0.377. The quantitative estimate of drug-likeness (QED) is 0.0754. The van der Waals surface area contributed by atoms with Crippen molar-refractivity contribution in [2.45, 2.75) is 120 Å². The Bertz CT molecular complexity index is 2440. The summed E-state index contributed by atoms with van der Waals surface area (Å²) in [6, 6.07) is 30.3. The van der Waals surface area contributed by atoms with Crippen molar-refractivity contribution in [3.05, 3.63) is 142 Å². The molecule has 0 fully saturated rings. The Labute approximate surface area is 374 Å². The normalized spacial score (nSPS) is 12.4. The maximum atomic E-state index is 12.2. The summed E-state index contributed by atoms with van der Waals surface area (Å²) in [7, 11) is 0. The number of pyridine rings is 2. The molecule has 6 aromatic rings. The molecule has 1 radical (unpaired) electrons. The van der Waals surface area contributed by atoms with Crippen molar-refractivity contribution in [3.63, 3.8) is 0 Å². The molecule has 0 aliphatic heterocycles. The molecule has 4 nitrogen and oxygen atoms in total. The Morgan fingerprint density at radius 1 is 0.717 bits per heavy atom. The number of hydrogen-bond acceptors (Lipinski definition) is 4. The van der Waals surface area contributed by atoms with Crippen molar-refractivity contribution >= 4 is 27.3 Å². The molecule has 1 N–H and O–H groups in total. The summed E-state index contributed by atoms with van der Waals surface area (Å²) in [5, 5.41) is 13.8. The van der Waals surface area contributed by atoms with Crippen LogP contribution in [0.5, 0.6) is 0 Å². The van der Waals surface area contributed by atoms with Crippen molar-refractivity contribution in [1.29, 1.82) is 0 Å². The van der Waals surface area contributed by atoms with E-state index in [4.69, 9.17) is 2.74 Å². The fourth-order valence-electron chi connectivity index (χ4n) is 7.24. The second-order valence-corrected chi connectivity index (χ2v) is 16.2. The van der Waals surface area contributed by atoms with Crippen LogP contribution in [0.25, 0.3) is 44.1 Å². The van der Waals surface area contributed by atoms with Gasteiger partial charge in [0.2, 0.25) is 6.43 Å². The number of nitrogens with zero attached hydrogens (tertiary/aromatic N) is 2. The Morgan fingerprint density at radius 2 is 1.20 bits per heavy atom. The first-order valence-corrected chi connectivity index (χ1v) is 20.9. The zero-order valence-electron chi connectivity index (χ0n) is 39.1. The van der Waals surface area contributed by atoms with Crippen LogP contribution in [0.15, 0.2) is 97.0 Å². The Morgan fingerprint density at radius 3 is 1.67 bits per heavy atom. The van der Waals surface area contributed by atoms with Gasteiger partial charge in [0.25, 0.3) is 0 Å². The van der Waals surface area contributed by atoms with E-state index in [-0.39, 0.29) is 49.8 Å². The van der Waals surface area contributed by atoms with Crippen molar-refractivity contribution in [1.82, 2.24) is 9.97 Å². The van der Waals surface area contributed by atoms with E-state index >= 15 is 0 Å². The average molecular weight is 991 g/mol. The van der Waals surface area contributed by atoms with Gasteiger partial charge >= 0.3 is 0 Å². The monoisotopic (exact) mass is 991 g/mol. The maximum absolute atomic E-state index is 12.2. The number of aliphatic hydroxyl groups is 1. The summed E-state index contributed by atoms with van der Waals surface area (Å²) in [5.74, 6) is -0.185. The fourth-order valence-corrected chi connectivity index (χ4v) is 7.24. The van der Waals surface area contributed by atoms with Gasteiger partial charge in [-0.15, -0.1) is 69.8 Å². The van der Waals surface area contributed by atoms with Crippen LogP contribution in [-0.4, -0.2) is 27.3 Å². The molecule has 0 bridgehead atoms. The van der Waals surface area contributed by atoms with E-state index in [0.717, 1.165) is 56.1 Å². The molecule has 6 rings (SSSR count). The first-order valence-electron chi connectivity index (χ1n) is 21.9. The predicted molar refractivity (Wildman–Crippen MR) is 243 cm³/mol. The van der Waals surface area contributed by atoms with Gasteiger partial charge in [-0.2, -0.15) is 0 Å². The molecule has 321 valence electrons. The van der Waals surface area contributed by atoms with E-state index < -0.39 is 18.8 Å². The molecule has 60 heavy (non-hydrogen) atoms. The Hall–Kier alpha value is -4.58. The number of aromatic nitrogens is 2. The van der Waals surface area contributed by atoms with E-state index in [1.54, 1.807) is 6.92 Å². The van der Waals surface area contributed by atoms with Gasteiger partial charge in [0.05, 0.1) is 8.50 Å². The van der Waals surface area contributed by atoms with Gasteiger partial charge < -0.3 is 15.1 Å². The minimum Gasteiger partial charge on any atom is -0.512 e. The number of alkyl halides is 2. The van der Waals surface area contributed by atoms with Crippen LogP contribution in [0.2, 0.25) is 0 Å². The number of aryl methyl sites for hydroxylation is 4. The first kappa shape index (κ1) is 46.5. The topological polar surface area (TPSA) is 63.1 Å².